The van der Waals surface area contributed by atoms with Gasteiger partial charge in [0.05, 0.1) is 11.5 Å². The van der Waals surface area contributed by atoms with Crippen molar-refractivity contribution in [2.45, 2.75) is 19.8 Å². The van der Waals surface area contributed by atoms with E-state index in [-0.39, 0.29) is 16.9 Å². The van der Waals surface area contributed by atoms with E-state index in [4.69, 9.17) is 21.1 Å². The molecule has 0 aliphatic heterocycles. The van der Waals surface area contributed by atoms with E-state index < -0.39 is 4.92 Å². The van der Waals surface area contributed by atoms with E-state index in [2.05, 4.69) is 16.9 Å². The van der Waals surface area contributed by atoms with Crippen molar-refractivity contribution in [1.29, 1.82) is 0 Å². The van der Waals surface area contributed by atoms with E-state index in [1.807, 2.05) is 0 Å². The predicted octanol–water partition coefficient (Wildman–Crippen LogP) is 4.01. The van der Waals surface area contributed by atoms with Gasteiger partial charge in [0.15, 0.2) is 0 Å². The average molecular weight is 324 g/mol. The number of benzene rings is 1. The SMILES string of the molecule is CCCCOc1ccc(Oc2nc(Cl)ncc2[N+](=O)[O-])cc1. The number of unbranched alkanes of at least 4 members (excludes halogenated alkanes) is 1. The van der Waals surface area contributed by atoms with E-state index in [1.54, 1.807) is 24.3 Å². The van der Waals surface area contributed by atoms with Crippen molar-refractivity contribution in [3.63, 3.8) is 0 Å². The molecule has 0 aliphatic rings. The Morgan fingerprint density at radius 3 is 2.59 bits per heavy atom. The summed E-state index contributed by atoms with van der Waals surface area (Å²) in [4.78, 5) is 17.6. The molecule has 0 atom stereocenters. The van der Waals surface area contributed by atoms with Crippen LogP contribution in [0.3, 0.4) is 0 Å². The van der Waals surface area contributed by atoms with Crippen LogP contribution in [0.5, 0.6) is 17.4 Å². The minimum absolute atomic E-state index is 0.125. The molecule has 0 bridgehead atoms. The number of halogens is 1. The highest BCUT2D eigenvalue weighted by molar-refractivity contribution is 6.28. The number of nitrogens with zero attached hydrogens (tertiary/aromatic N) is 3. The zero-order valence-corrected chi connectivity index (χ0v) is 12.6. The third-order valence-corrected chi connectivity index (χ3v) is 2.89. The lowest BCUT2D eigenvalue weighted by Gasteiger charge is -2.07. The Kier molecular flexibility index (Phi) is 5.48. The van der Waals surface area contributed by atoms with Crippen molar-refractivity contribution >= 4 is 17.3 Å². The van der Waals surface area contributed by atoms with Crippen LogP contribution in [-0.2, 0) is 0 Å². The molecule has 116 valence electrons. The standard InChI is InChI=1S/C14H14ClN3O4/c1-2-3-8-21-10-4-6-11(7-5-10)22-13-12(18(19)20)9-16-14(15)17-13/h4-7,9H,2-3,8H2,1H3. The highest BCUT2D eigenvalue weighted by atomic mass is 35.5. The first-order valence-corrected chi connectivity index (χ1v) is 7.05. The number of aromatic nitrogens is 2. The Labute approximate surface area is 132 Å². The molecule has 0 saturated heterocycles. The average Bonchev–Trinajstić information content (AvgIpc) is 2.49. The summed E-state index contributed by atoms with van der Waals surface area (Å²) in [7, 11) is 0. The van der Waals surface area contributed by atoms with Gasteiger partial charge in [-0.05, 0) is 42.3 Å². The van der Waals surface area contributed by atoms with Gasteiger partial charge in [-0.3, -0.25) is 10.1 Å². The van der Waals surface area contributed by atoms with E-state index in [9.17, 15) is 10.1 Å². The normalized spacial score (nSPS) is 10.3. The van der Waals surface area contributed by atoms with Gasteiger partial charge in [-0.25, -0.2) is 4.98 Å². The van der Waals surface area contributed by atoms with Crippen LogP contribution in [0, 0.1) is 10.1 Å². The molecule has 1 heterocycles. The lowest BCUT2D eigenvalue weighted by atomic mass is 10.3. The summed E-state index contributed by atoms with van der Waals surface area (Å²) in [6.07, 6.45) is 3.04. The predicted molar refractivity (Wildman–Crippen MR) is 80.6 cm³/mol. The highest BCUT2D eigenvalue weighted by Gasteiger charge is 2.19. The maximum Gasteiger partial charge on any atom is 0.349 e. The molecule has 1 aromatic carbocycles. The van der Waals surface area contributed by atoms with Crippen LogP contribution in [-0.4, -0.2) is 21.5 Å². The maximum absolute atomic E-state index is 10.9. The van der Waals surface area contributed by atoms with Crippen molar-refractivity contribution in [2.24, 2.45) is 0 Å². The summed E-state index contributed by atoms with van der Waals surface area (Å²) in [6, 6.07) is 6.72. The number of rotatable bonds is 7. The number of hydrogen-bond donors (Lipinski definition) is 0. The monoisotopic (exact) mass is 323 g/mol. The molecule has 1 aromatic heterocycles. The summed E-state index contributed by atoms with van der Waals surface area (Å²) in [5.41, 5.74) is -0.354. The molecule has 2 rings (SSSR count). The molecule has 0 N–H and O–H groups in total. The highest BCUT2D eigenvalue weighted by Crippen LogP contribution is 2.30. The molecule has 2 aromatic rings. The first-order chi connectivity index (χ1) is 10.6. The fourth-order valence-corrected chi connectivity index (χ4v) is 1.72. The van der Waals surface area contributed by atoms with Crippen LogP contribution in [0.25, 0.3) is 0 Å². The molecule has 0 amide bonds. The quantitative estimate of drug-likeness (QED) is 0.331. The van der Waals surface area contributed by atoms with E-state index in [0.29, 0.717) is 18.1 Å². The van der Waals surface area contributed by atoms with Crippen LogP contribution in [0.15, 0.2) is 30.5 Å². The largest absolute Gasteiger partial charge is 0.494 e. The minimum atomic E-state index is -0.631. The van der Waals surface area contributed by atoms with Crippen LogP contribution in [0.4, 0.5) is 5.69 Å². The zero-order valence-electron chi connectivity index (χ0n) is 11.9. The molecule has 0 aliphatic carbocycles. The molecule has 22 heavy (non-hydrogen) atoms. The van der Waals surface area contributed by atoms with Crippen molar-refractivity contribution in [2.75, 3.05) is 6.61 Å². The smallest absolute Gasteiger partial charge is 0.349 e. The molecule has 0 radical (unpaired) electrons. The summed E-state index contributed by atoms with van der Waals surface area (Å²) in [6.45, 7) is 2.73. The zero-order chi connectivity index (χ0) is 15.9. The lowest BCUT2D eigenvalue weighted by molar-refractivity contribution is -0.386. The second-order valence-corrected chi connectivity index (χ2v) is 4.70. The molecular weight excluding hydrogens is 310 g/mol. The van der Waals surface area contributed by atoms with E-state index in [1.165, 1.54) is 0 Å². The van der Waals surface area contributed by atoms with Gasteiger partial charge < -0.3 is 9.47 Å². The molecule has 0 unspecified atom stereocenters. The summed E-state index contributed by atoms with van der Waals surface area (Å²) < 4.78 is 10.9. The van der Waals surface area contributed by atoms with Gasteiger partial charge in [0.2, 0.25) is 5.28 Å². The summed E-state index contributed by atoms with van der Waals surface area (Å²) in [5, 5.41) is 10.8. The van der Waals surface area contributed by atoms with E-state index >= 15 is 0 Å². The maximum atomic E-state index is 10.9. The van der Waals surface area contributed by atoms with Crippen LogP contribution >= 0.6 is 11.6 Å². The fraction of sp³-hybridized carbons (Fsp3) is 0.286. The third kappa shape index (κ3) is 4.29. The minimum Gasteiger partial charge on any atom is -0.494 e. The molecule has 7 nitrogen and oxygen atoms in total. The topological polar surface area (TPSA) is 87.4 Å². The van der Waals surface area contributed by atoms with Gasteiger partial charge in [0.1, 0.15) is 17.7 Å². The van der Waals surface area contributed by atoms with Crippen molar-refractivity contribution < 1.29 is 14.4 Å². The van der Waals surface area contributed by atoms with Gasteiger partial charge in [0.25, 0.3) is 0 Å². The molecule has 8 heteroatoms. The molecule has 0 saturated carbocycles. The number of ether oxygens (including phenoxy) is 2. The Balaban J connectivity index is 2.11. The van der Waals surface area contributed by atoms with Gasteiger partial charge >= 0.3 is 11.6 Å². The van der Waals surface area contributed by atoms with Crippen molar-refractivity contribution in [1.82, 2.24) is 9.97 Å². The Bertz CT molecular complexity index is 649. The molecule has 0 spiro atoms. The van der Waals surface area contributed by atoms with Crippen LogP contribution in [0.2, 0.25) is 5.28 Å². The summed E-state index contributed by atoms with van der Waals surface area (Å²) in [5.74, 6) is 0.890. The lowest BCUT2D eigenvalue weighted by Crippen LogP contribution is -1.98. The Morgan fingerprint density at radius 2 is 1.95 bits per heavy atom. The first kappa shape index (κ1) is 16.0. The van der Waals surface area contributed by atoms with Gasteiger partial charge in [0, 0.05) is 0 Å². The van der Waals surface area contributed by atoms with Gasteiger partial charge in [-0.15, -0.1) is 0 Å². The summed E-state index contributed by atoms with van der Waals surface area (Å²) >= 11 is 5.64. The number of hydrogen-bond acceptors (Lipinski definition) is 6. The van der Waals surface area contributed by atoms with Gasteiger partial charge in [-0.1, -0.05) is 13.3 Å². The third-order valence-electron chi connectivity index (χ3n) is 2.71. The molecule has 0 fully saturated rings. The second-order valence-electron chi connectivity index (χ2n) is 4.36. The van der Waals surface area contributed by atoms with E-state index in [0.717, 1.165) is 19.0 Å². The van der Waals surface area contributed by atoms with Crippen LogP contribution < -0.4 is 9.47 Å². The molecular formula is C14H14ClN3O4. The Hall–Kier alpha value is -2.41. The first-order valence-electron chi connectivity index (χ1n) is 6.67. The van der Waals surface area contributed by atoms with Crippen molar-refractivity contribution in [3.05, 3.63) is 45.9 Å². The second kappa shape index (κ2) is 7.56. The van der Waals surface area contributed by atoms with Crippen LogP contribution in [0.1, 0.15) is 19.8 Å². The van der Waals surface area contributed by atoms with Gasteiger partial charge in [-0.2, -0.15) is 4.98 Å². The number of nitro groups is 1. The fourth-order valence-electron chi connectivity index (χ4n) is 1.59. The Morgan fingerprint density at radius 1 is 1.27 bits per heavy atom. The van der Waals surface area contributed by atoms with Crippen molar-refractivity contribution in [3.8, 4) is 17.4 Å².